The Balaban J connectivity index is 1.82. The van der Waals surface area contributed by atoms with E-state index in [1.807, 2.05) is 60.0 Å². The minimum atomic E-state index is -0.285. The van der Waals surface area contributed by atoms with Gasteiger partial charge in [-0.05, 0) is 36.6 Å². The first kappa shape index (κ1) is 25.6. The van der Waals surface area contributed by atoms with Crippen LogP contribution in [-0.2, 0) is 22.6 Å². The number of carbonyl (C=O) groups is 1. The average molecular weight is 485 g/mol. The molecule has 1 N–H and O–H groups in total. The first-order valence-electron chi connectivity index (χ1n) is 11.2. The van der Waals surface area contributed by atoms with Gasteiger partial charge in [-0.3, -0.25) is 4.79 Å². The molecular weight excluding hydrogens is 452 g/mol. The normalized spacial score (nSPS) is 11.8. The summed E-state index contributed by atoms with van der Waals surface area (Å²) in [6.07, 6.45) is 1.46. The fraction of sp³-hybridized carbons (Fsp3) is 0.400. The Morgan fingerprint density at radius 3 is 2.50 bits per heavy atom. The summed E-state index contributed by atoms with van der Waals surface area (Å²) in [5.41, 5.74) is 1.92. The number of amides is 1. The van der Waals surface area contributed by atoms with Gasteiger partial charge in [-0.2, -0.15) is 0 Å². The molecule has 1 atom stereocenters. The predicted molar refractivity (Wildman–Crippen MR) is 133 cm³/mol. The zero-order valence-electron chi connectivity index (χ0n) is 20.1. The molecule has 9 heteroatoms. The Morgan fingerprint density at radius 1 is 1.06 bits per heavy atom. The number of thioether (sulfide) groups is 1. The number of nitrogens with one attached hydrogen (secondary N) is 1. The van der Waals surface area contributed by atoms with Crippen LogP contribution in [0.2, 0.25) is 0 Å². The van der Waals surface area contributed by atoms with Gasteiger partial charge < -0.3 is 24.1 Å². The van der Waals surface area contributed by atoms with Gasteiger partial charge in [0.05, 0.1) is 19.5 Å². The third kappa shape index (κ3) is 6.51. The maximum atomic E-state index is 12.9. The zero-order chi connectivity index (χ0) is 24.3. The SMILES string of the molecule is CCC(Sc1nnc(-c2ccc(OC)c(OC)c2)n1CCCOC)C(=O)NCc1ccccc1. The second-order valence-electron chi connectivity index (χ2n) is 7.59. The molecule has 0 aliphatic rings. The minimum Gasteiger partial charge on any atom is -0.493 e. The number of aromatic nitrogens is 3. The molecule has 8 nitrogen and oxygen atoms in total. The Morgan fingerprint density at radius 2 is 1.82 bits per heavy atom. The van der Waals surface area contributed by atoms with Gasteiger partial charge in [0, 0.05) is 32.4 Å². The van der Waals surface area contributed by atoms with E-state index in [0.717, 1.165) is 17.5 Å². The molecular formula is C25H32N4O4S. The predicted octanol–water partition coefficient (Wildman–Crippen LogP) is 4.19. The molecule has 3 rings (SSSR count). The van der Waals surface area contributed by atoms with E-state index in [1.54, 1.807) is 21.3 Å². The highest BCUT2D eigenvalue weighted by molar-refractivity contribution is 8.00. The Hall–Kier alpha value is -3.04. The summed E-state index contributed by atoms with van der Waals surface area (Å²) in [4.78, 5) is 12.9. The molecule has 3 aromatic rings. The lowest BCUT2D eigenvalue weighted by molar-refractivity contribution is -0.120. The van der Waals surface area contributed by atoms with E-state index in [2.05, 4.69) is 15.5 Å². The van der Waals surface area contributed by atoms with E-state index in [-0.39, 0.29) is 11.2 Å². The quantitative estimate of drug-likeness (QED) is 0.288. The summed E-state index contributed by atoms with van der Waals surface area (Å²) in [7, 11) is 4.89. The molecule has 0 aliphatic carbocycles. The van der Waals surface area contributed by atoms with E-state index < -0.39 is 0 Å². The van der Waals surface area contributed by atoms with Crippen molar-refractivity contribution in [2.45, 2.75) is 43.3 Å². The van der Waals surface area contributed by atoms with Crippen molar-refractivity contribution in [2.75, 3.05) is 27.9 Å². The molecule has 1 heterocycles. The van der Waals surface area contributed by atoms with Gasteiger partial charge in [0.25, 0.3) is 0 Å². The third-order valence-corrected chi connectivity index (χ3v) is 6.65. The minimum absolute atomic E-state index is 0.0181. The summed E-state index contributed by atoms with van der Waals surface area (Å²) in [6, 6.07) is 15.5. The molecule has 0 spiro atoms. The first-order valence-corrected chi connectivity index (χ1v) is 12.1. The molecule has 0 bridgehead atoms. The molecule has 0 radical (unpaired) electrons. The van der Waals surface area contributed by atoms with Crippen LogP contribution in [0, 0.1) is 0 Å². The molecule has 34 heavy (non-hydrogen) atoms. The van der Waals surface area contributed by atoms with Crippen molar-refractivity contribution in [1.29, 1.82) is 0 Å². The number of nitrogens with zero attached hydrogens (tertiary/aromatic N) is 3. The molecule has 2 aromatic carbocycles. The lowest BCUT2D eigenvalue weighted by Crippen LogP contribution is -2.32. The number of carbonyl (C=O) groups excluding carboxylic acids is 1. The fourth-order valence-corrected chi connectivity index (χ4v) is 4.49. The van der Waals surface area contributed by atoms with E-state index >= 15 is 0 Å². The molecule has 182 valence electrons. The van der Waals surface area contributed by atoms with Crippen molar-refractivity contribution in [1.82, 2.24) is 20.1 Å². The highest BCUT2D eigenvalue weighted by atomic mass is 32.2. The number of hydrogen-bond acceptors (Lipinski definition) is 7. The lowest BCUT2D eigenvalue weighted by Gasteiger charge is -2.16. The van der Waals surface area contributed by atoms with Crippen molar-refractivity contribution >= 4 is 17.7 Å². The molecule has 0 aliphatic heterocycles. The highest BCUT2D eigenvalue weighted by Gasteiger charge is 2.23. The van der Waals surface area contributed by atoms with Crippen LogP contribution >= 0.6 is 11.8 Å². The monoisotopic (exact) mass is 484 g/mol. The van der Waals surface area contributed by atoms with Crippen LogP contribution in [0.3, 0.4) is 0 Å². The standard InChI is InChI=1S/C25H32N4O4S/c1-5-22(24(30)26-17-18-10-7-6-8-11-18)34-25-28-27-23(29(25)14-9-15-31-2)19-12-13-20(32-3)21(16-19)33-4/h6-8,10-13,16,22H,5,9,14-15,17H2,1-4H3,(H,26,30). The van der Waals surface area contributed by atoms with Crippen molar-refractivity contribution in [3.63, 3.8) is 0 Å². The van der Waals surface area contributed by atoms with E-state index in [1.165, 1.54) is 11.8 Å². The molecule has 0 fully saturated rings. The largest absolute Gasteiger partial charge is 0.493 e. The summed E-state index contributed by atoms with van der Waals surface area (Å²) < 4.78 is 18.1. The number of hydrogen-bond donors (Lipinski definition) is 1. The van der Waals surface area contributed by atoms with Gasteiger partial charge in [-0.1, -0.05) is 49.0 Å². The lowest BCUT2D eigenvalue weighted by atomic mass is 10.2. The van der Waals surface area contributed by atoms with Crippen LogP contribution in [0.5, 0.6) is 11.5 Å². The number of rotatable bonds is 13. The van der Waals surface area contributed by atoms with Crippen LogP contribution in [0.15, 0.2) is 53.7 Å². The second kappa shape index (κ2) is 13.0. The summed E-state index contributed by atoms with van der Waals surface area (Å²) in [5.74, 6) is 1.95. The topological polar surface area (TPSA) is 87.5 Å². The van der Waals surface area contributed by atoms with E-state index in [9.17, 15) is 4.79 Å². The fourth-order valence-electron chi connectivity index (χ4n) is 3.48. The van der Waals surface area contributed by atoms with Crippen LogP contribution in [0.25, 0.3) is 11.4 Å². The van der Waals surface area contributed by atoms with E-state index in [0.29, 0.717) is 48.6 Å². The Labute approximate surface area is 205 Å². The molecule has 0 saturated heterocycles. The van der Waals surface area contributed by atoms with Crippen LogP contribution in [0.1, 0.15) is 25.3 Å². The summed E-state index contributed by atoms with van der Waals surface area (Å²) in [5, 5.41) is 12.4. The average Bonchev–Trinajstić information content (AvgIpc) is 3.28. The molecule has 0 saturated carbocycles. The van der Waals surface area contributed by atoms with Crippen LogP contribution in [-0.4, -0.2) is 53.9 Å². The van der Waals surface area contributed by atoms with Crippen molar-refractivity contribution < 1.29 is 19.0 Å². The van der Waals surface area contributed by atoms with Crippen LogP contribution in [0.4, 0.5) is 0 Å². The van der Waals surface area contributed by atoms with Gasteiger partial charge in [0.15, 0.2) is 22.5 Å². The van der Waals surface area contributed by atoms with Gasteiger partial charge in [0.2, 0.25) is 5.91 Å². The van der Waals surface area contributed by atoms with Crippen molar-refractivity contribution in [3.05, 3.63) is 54.1 Å². The molecule has 1 amide bonds. The summed E-state index contributed by atoms with van der Waals surface area (Å²) >= 11 is 1.43. The maximum Gasteiger partial charge on any atom is 0.233 e. The van der Waals surface area contributed by atoms with E-state index in [4.69, 9.17) is 14.2 Å². The first-order chi connectivity index (χ1) is 16.6. The Bertz CT molecular complexity index is 1060. The van der Waals surface area contributed by atoms with Crippen molar-refractivity contribution in [2.24, 2.45) is 0 Å². The van der Waals surface area contributed by atoms with Gasteiger partial charge in [-0.25, -0.2) is 0 Å². The van der Waals surface area contributed by atoms with Gasteiger partial charge in [-0.15, -0.1) is 10.2 Å². The number of methoxy groups -OCH3 is 3. The summed E-state index contributed by atoms with van der Waals surface area (Å²) in [6.45, 7) is 3.77. The molecule has 1 unspecified atom stereocenters. The zero-order valence-corrected chi connectivity index (χ0v) is 20.9. The van der Waals surface area contributed by atoms with Crippen LogP contribution < -0.4 is 14.8 Å². The second-order valence-corrected chi connectivity index (χ2v) is 8.76. The van der Waals surface area contributed by atoms with Gasteiger partial charge >= 0.3 is 0 Å². The van der Waals surface area contributed by atoms with Crippen molar-refractivity contribution in [3.8, 4) is 22.9 Å². The van der Waals surface area contributed by atoms with Gasteiger partial charge in [0.1, 0.15) is 0 Å². The Kier molecular flexibility index (Phi) is 9.78. The third-order valence-electron chi connectivity index (χ3n) is 5.31. The molecule has 1 aromatic heterocycles. The number of ether oxygens (including phenoxy) is 3. The smallest absolute Gasteiger partial charge is 0.233 e. The highest BCUT2D eigenvalue weighted by Crippen LogP contribution is 2.34. The maximum absolute atomic E-state index is 12.9. The number of benzene rings is 2.